The normalized spacial score (nSPS) is 38.4. The summed E-state index contributed by atoms with van der Waals surface area (Å²) in [5, 5.41) is 32.6. The number of aromatic nitrogens is 3. The van der Waals surface area contributed by atoms with Crippen LogP contribution in [0, 0.1) is 17.8 Å². The number of aliphatic hydroxyl groups is 2. The van der Waals surface area contributed by atoms with Gasteiger partial charge in [-0.2, -0.15) is 5.10 Å². The van der Waals surface area contributed by atoms with Crippen LogP contribution in [0.25, 0.3) is 5.82 Å². The van der Waals surface area contributed by atoms with E-state index in [4.69, 9.17) is 28.5 Å². The Labute approximate surface area is 356 Å². The van der Waals surface area contributed by atoms with Gasteiger partial charge in [0.15, 0.2) is 17.9 Å². The van der Waals surface area contributed by atoms with Crippen LogP contribution in [-0.4, -0.2) is 146 Å². The summed E-state index contributed by atoms with van der Waals surface area (Å²) in [6.07, 6.45) is -1.45. The number of carbonyl (C=O) groups is 3. The van der Waals surface area contributed by atoms with E-state index in [1.54, 1.807) is 56.2 Å². The molecule has 3 saturated heterocycles. The number of fused-ring (bicyclic) bond motifs is 5. The third-order valence-corrected chi connectivity index (χ3v) is 12.1. The van der Waals surface area contributed by atoms with E-state index in [1.165, 1.54) is 20.8 Å². The Morgan fingerprint density at radius 1 is 1.11 bits per heavy atom. The Kier molecular flexibility index (Phi) is 15.4. The molecular weight excluding hydrogens is 796 g/mol. The highest BCUT2D eigenvalue weighted by atomic mass is 19.1. The van der Waals surface area contributed by atoms with E-state index < -0.39 is 89.0 Å². The predicted molar refractivity (Wildman–Crippen MR) is 221 cm³/mol. The van der Waals surface area contributed by atoms with Crippen molar-refractivity contribution in [3.63, 3.8) is 0 Å². The number of carbonyl (C=O) groups excluding carboxylic acids is 3. The average molecular weight is 859 g/mol. The number of likely N-dealkylation sites (N-methyl/N-ethyl adjacent to an activating group) is 1. The third kappa shape index (κ3) is 10.8. The first-order chi connectivity index (χ1) is 28.6. The Morgan fingerprint density at radius 3 is 2.44 bits per heavy atom. The fourth-order valence-electron chi connectivity index (χ4n) is 8.85. The predicted octanol–water partition coefficient (Wildman–Crippen LogP) is 3.79. The molecule has 0 spiro atoms. The summed E-state index contributed by atoms with van der Waals surface area (Å²) in [4.78, 5) is 57.7. The first kappa shape index (κ1) is 48.0. The quantitative estimate of drug-likeness (QED) is 0.220. The van der Waals surface area contributed by atoms with Crippen LogP contribution in [0.2, 0.25) is 0 Å². The molecule has 2 aromatic rings. The standard InChI is InChI=1S/C43H63FN6O11/c1-12-32-43(9,55)38-26(4)34(47-28(6)51)24(2)19-41(7,57-23-30(22-56-38)48-58-21-29-14-15-33(45-20-29)50-17-13-16-46-50)37(27(5)36(53)42(8,44)40(54)60-32)61-39-35(52)31(49(10)11)18-25(3)59-39/h13-17,20,24-27,31-32,35,37-39,52,55H,12,18-19,21-23H2,1-11H3/b47-34?,48-30+/t24-,25-,26+,27+,31+,32-,35-,37-,38+,39+,41-,42+,43-/m1/s1. The number of cyclic esters (lactones) is 1. The second-order valence-corrected chi connectivity index (χ2v) is 17.5. The topological polar surface area (TPSA) is 206 Å². The minimum Gasteiger partial charge on any atom is -0.457 e. The molecule has 17 nitrogen and oxygen atoms in total. The zero-order valence-electron chi connectivity index (χ0n) is 37.1. The number of nitrogens with zero attached hydrogens (tertiary/aromatic N) is 6. The lowest BCUT2D eigenvalue weighted by molar-refractivity contribution is -0.296. The van der Waals surface area contributed by atoms with E-state index >= 15 is 4.39 Å². The second kappa shape index (κ2) is 19.6. The van der Waals surface area contributed by atoms with Gasteiger partial charge in [0, 0.05) is 54.7 Å². The zero-order chi connectivity index (χ0) is 45.0. The maximum Gasteiger partial charge on any atom is 0.351 e. The van der Waals surface area contributed by atoms with Gasteiger partial charge < -0.3 is 43.6 Å². The maximum atomic E-state index is 16.9. The van der Waals surface area contributed by atoms with E-state index in [9.17, 15) is 24.6 Å². The van der Waals surface area contributed by atoms with Gasteiger partial charge >= 0.3 is 5.97 Å². The first-order valence-corrected chi connectivity index (χ1v) is 20.9. The van der Waals surface area contributed by atoms with Crippen molar-refractivity contribution >= 4 is 29.1 Å². The largest absolute Gasteiger partial charge is 0.457 e. The second-order valence-electron chi connectivity index (χ2n) is 17.5. The highest BCUT2D eigenvalue weighted by Crippen LogP contribution is 2.41. The molecule has 2 bridgehead atoms. The highest BCUT2D eigenvalue weighted by molar-refractivity contribution is 6.08. The Bertz CT molecular complexity index is 1890. The number of rotatable bonds is 8. The Morgan fingerprint density at radius 2 is 1.84 bits per heavy atom. The van der Waals surface area contributed by atoms with Crippen molar-refractivity contribution in [2.75, 3.05) is 27.3 Å². The van der Waals surface area contributed by atoms with Gasteiger partial charge in [-0.05, 0) is 79.1 Å². The Hall–Kier alpha value is -4.04. The van der Waals surface area contributed by atoms with Crippen LogP contribution in [0.3, 0.4) is 0 Å². The number of halogens is 1. The van der Waals surface area contributed by atoms with Gasteiger partial charge in [0.25, 0.3) is 5.67 Å². The lowest BCUT2D eigenvalue weighted by atomic mass is 9.73. The fourth-order valence-corrected chi connectivity index (χ4v) is 8.85. The van der Waals surface area contributed by atoms with Crippen molar-refractivity contribution in [1.29, 1.82) is 0 Å². The lowest BCUT2D eigenvalue weighted by Crippen LogP contribution is -2.61. The van der Waals surface area contributed by atoms with Gasteiger partial charge in [-0.1, -0.05) is 38.9 Å². The molecule has 18 heteroatoms. The number of aliphatic imine (C=N–C) groups is 1. The zero-order valence-corrected chi connectivity index (χ0v) is 37.1. The van der Waals surface area contributed by atoms with Crippen LogP contribution in [-0.2, 0) is 49.5 Å². The molecule has 61 heavy (non-hydrogen) atoms. The SMILES string of the molecule is CC[C@H]1OC(=O)[C@@](C)(F)C(=O)[C@H](C)[C@@H](O[C@@H]2O[C@H](C)C[C@H](N(C)C)[C@H]2O)[C@@]2(C)C[C@@H](C)C(=NC(C)=O)[C@H](C)[C@H](OC/C(=N\OCc3ccc(-n4cccn4)nc3)CO2)[C@]1(C)O. The fraction of sp³-hybridized carbons (Fsp3) is 0.698. The van der Waals surface area contributed by atoms with E-state index in [1.807, 2.05) is 38.9 Å². The molecule has 3 aliphatic rings. The molecule has 0 aromatic carbocycles. The van der Waals surface area contributed by atoms with Crippen LogP contribution in [0.4, 0.5) is 4.39 Å². The number of Topliss-reactive ketones (excluding diaryl/α,β-unsaturated/α-hetero) is 1. The van der Waals surface area contributed by atoms with Gasteiger partial charge in [0.05, 0.1) is 37.1 Å². The van der Waals surface area contributed by atoms with E-state index in [0.717, 1.165) is 6.92 Å². The van der Waals surface area contributed by atoms with Crippen molar-refractivity contribution < 1.29 is 57.5 Å². The molecule has 1 amide bonds. The molecule has 338 valence electrons. The number of ether oxygens (including phenoxy) is 5. The number of hydrogen-bond donors (Lipinski definition) is 2. The third-order valence-electron chi connectivity index (χ3n) is 12.1. The summed E-state index contributed by atoms with van der Waals surface area (Å²) in [6, 6.07) is 4.97. The number of esters is 1. The van der Waals surface area contributed by atoms with Crippen molar-refractivity contribution in [3.05, 3.63) is 42.4 Å². The monoisotopic (exact) mass is 858 g/mol. The molecule has 0 radical (unpaired) electrons. The molecular formula is C43H63FN6O11. The summed E-state index contributed by atoms with van der Waals surface area (Å²) in [6.45, 7) is 13.0. The van der Waals surface area contributed by atoms with E-state index in [0.29, 0.717) is 23.5 Å². The van der Waals surface area contributed by atoms with Crippen molar-refractivity contribution in [1.82, 2.24) is 19.7 Å². The molecule has 5 heterocycles. The maximum absolute atomic E-state index is 16.9. The van der Waals surface area contributed by atoms with Crippen LogP contribution < -0.4 is 0 Å². The summed E-state index contributed by atoms with van der Waals surface area (Å²) in [5.41, 5.74) is -5.62. The minimum absolute atomic E-state index is 0.000495. The summed E-state index contributed by atoms with van der Waals surface area (Å²) >= 11 is 0. The number of ketones is 1. The summed E-state index contributed by atoms with van der Waals surface area (Å²) in [7, 11) is 3.63. The van der Waals surface area contributed by atoms with Crippen LogP contribution in [0.1, 0.15) is 87.1 Å². The highest BCUT2D eigenvalue weighted by Gasteiger charge is 2.56. The minimum atomic E-state index is -3.22. The van der Waals surface area contributed by atoms with Gasteiger partial charge in [-0.25, -0.2) is 23.8 Å². The van der Waals surface area contributed by atoms with Crippen molar-refractivity contribution in [3.8, 4) is 5.82 Å². The number of hydrogen-bond acceptors (Lipinski definition) is 15. The molecule has 2 N–H and O–H groups in total. The van der Waals surface area contributed by atoms with E-state index in [2.05, 4.69) is 20.2 Å². The molecule has 3 fully saturated rings. The van der Waals surface area contributed by atoms with Crippen LogP contribution in [0.15, 0.2) is 46.9 Å². The lowest BCUT2D eigenvalue weighted by Gasteiger charge is -2.47. The number of oxime groups is 1. The molecule has 2 aromatic heterocycles. The van der Waals surface area contributed by atoms with Crippen molar-refractivity contribution in [2.24, 2.45) is 27.9 Å². The number of amides is 1. The number of aliphatic hydroxyl groups excluding tert-OH is 1. The molecule has 0 saturated carbocycles. The average Bonchev–Trinajstić information content (AvgIpc) is 3.74. The first-order valence-electron chi connectivity index (χ1n) is 20.9. The van der Waals surface area contributed by atoms with Crippen molar-refractivity contribution in [2.45, 2.75) is 148 Å². The molecule has 0 unspecified atom stereocenters. The van der Waals surface area contributed by atoms with E-state index in [-0.39, 0.29) is 44.5 Å². The van der Waals surface area contributed by atoms with Gasteiger partial charge in [-0.15, -0.1) is 0 Å². The van der Waals surface area contributed by atoms with Gasteiger partial charge in [0.1, 0.15) is 30.1 Å². The summed E-state index contributed by atoms with van der Waals surface area (Å²) in [5.74, 6) is -5.50. The number of pyridine rings is 1. The Balaban J connectivity index is 1.65. The molecule has 3 aliphatic heterocycles. The van der Waals surface area contributed by atoms with Crippen LogP contribution >= 0.6 is 0 Å². The molecule has 5 rings (SSSR count). The number of alkyl halides is 1. The molecule has 0 aliphatic carbocycles. The van der Waals surface area contributed by atoms with Gasteiger partial charge in [0.2, 0.25) is 5.91 Å². The summed E-state index contributed by atoms with van der Waals surface area (Å²) < 4.78 is 50.4. The molecule has 13 atom stereocenters. The smallest absolute Gasteiger partial charge is 0.351 e. The van der Waals surface area contributed by atoms with Gasteiger partial charge in [-0.3, -0.25) is 9.59 Å². The van der Waals surface area contributed by atoms with Crippen LogP contribution in [0.5, 0.6) is 0 Å².